The summed E-state index contributed by atoms with van der Waals surface area (Å²) in [6.45, 7) is 6.10. The summed E-state index contributed by atoms with van der Waals surface area (Å²) in [5.74, 6) is 1.11. The third-order valence-corrected chi connectivity index (χ3v) is 6.73. The molecule has 0 amide bonds. The number of aromatic nitrogens is 1. The van der Waals surface area contributed by atoms with Crippen LogP contribution >= 0.6 is 0 Å². The van der Waals surface area contributed by atoms with Gasteiger partial charge in [-0.15, -0.1) is 0 Å². The van der Waals surface area contributed by atoms with Crippen LogP contribution in [0.25, 0.3) is 0 Å². The highest BCUT2D eigenvalue weighted by molar-refractivity contribution is 5.60. The van der Waals surface area contributed by atoms with Gasteiger partial charge in [0.05, 0.1) is 4.92 Å². The first kappa shape index (κ1) is 31.2. The van der Waals surface area contributed by atoms with E-state index in [0.29, 0.717) is 5.82 Å². The van der Waals surface area contributed by atoms with Crippen molar-refractivity contribution in [1.82, 2.24) is 4.98 Å². The number of nitrogens with zero attached hydrogens (tertiary/aromatic N) is 2. The molecule has 1 aromatic heterocycles. The van der Waals surface area contributed by atoms with Crippen LogP contribution in [0.15, 0.2) is 12.1 Å². The number of nitrogens with one attached hydrogen (secondary N) is 2. The van der Waals surface area contributed by atoms with Gasteiger partial charge in [-0.1, -0.05) is 129 Å². The Labute approximate surface area is 215 Å². The molecule has 6 heteroatoms. The van der Waals surface area contributed by atoms with Gasteiger partial charge in [0, 0.05) is 19.2 Å². The Morgan fingerprint density at radius 2 is 1.03 bits per heavy atom. The maximum absolute atomic E-state index is 11.4. The molecule has 0 radical (unpaired) electrons. The van der Waals surface area contributed by atoms with Crippen molar-refractivity contribution in [3.63, 3.8) is 0 Å². The summed E-state index contributed by atoms with van der Waals surface area (Å²) in [4.78, 5) is 15.5. The minimum atomic E-state index is -0.347. The van der Waals surface area contributed by atoms with Gasteiger partial charge >= 0.3 is 5.69 Å². The van der Waals surface area contributed by atoms with E-state index in [0.717, 1.165) is 38.2 Å². The summed E-state index contributed by atoms with van der Waals surface area (Å²) >= 11 is 0. The first-order valence-electron chi connectivity index (χ1n) is 14.8. The molecule has 0 bridgehead atoms. The van der Waals surface area contributed by atoms with E-state index in [1.54, 1.807) is 12.1 Å². The molecule has 6 nitrogen and oxygen atoms in total. The van der Waals surface area contributed by atoms with Crippen LogP contribution in [0.3, 0.4) is 0 Å². The van der Waals surface area contributed by atoms with Crippen LogP contribution in [-0.4, -0.2) is 23.0 Å². The van der Waals surface area contributed by atoms with Crippen molar-refractivity contribution in [1.29, 1.82) is 0 Å². The van der Waals surface area contributed by atoms with Gasteiger partial charge in [0.2, 0.25) is 5.82 Å². The van der Waals surface area contributed by atoms with E-state index < -0.39 is 0 Å². The number of unbranched alkanes of at least 4 members (excludes halogenated alkanes) is 18. The lowest BCUT2D eigenvalue weighted by atomic mass is 10.1. The molecule has 2 N–H and O–H groups in total. The van der Waals surface area contributed by atoms with E-state index in [1.165, 1.54) is 109 Å². The Morgan fingerprint density at radius 1 is 0.629 bits per heavy atom. The van der Waals surface area contributed by atoms with Gasteiger partial charge in [-0.2, -0.15) is 0 Å². The molecule has 1 rings (SSSR count). The highest BCUT2D eigenvalue weighted by Crippen LogP contribution is 2.24. The number of rotatable bonds is 25. The van der Waals surface area contributed by atoms with Crippen LogP contribution in [0.1, 0.15) is 142 Å². The van der Waals surface area contributed by atoms with E-state index >= 15 is 0 Å². The second-order valence-corrected chi connectivity index (χ2v) is 10.0. The fraction of sp³-hybridized carbons (Fsp3) is 0.828. The molecule has 0 aliphatic rings. The highest BCUT2D eigenvalue weighted by atomic mass is 16.6. The molecule has 1 heterocycles. The van der Waals surface area contributed by atoms with Crippen LogP contribution in [0.4, 0.5) is 17.3 Å². The van der Waals surface area contributed by atoms with Crippen LogP contribution in [0, 0.1) is 10.1 Å². The van der Waals surface area contributed by atoms with E-state index in [-0.39, 0.29) is 10.6 Å². The molecule has 0 unspecified atom stereocenters. The summed E-state index contributed by atoms with van der Waals surface area (Å²) in [6, 6.07) is 3.29. The lowest BCUT2D eigenvalue weighted by Gasteiger charge is -2.10. The van der Waals surface area contributed by atoms with Gasteiger partial charge in [0.25, 0.3) is 0 Å². The molecule has 0 atom stereocenters. The Morgan fingerprint density at radius 3 is 1.46 bits per heavy atom. The van der Waals surface area contributed by atoms with Crippen molar-refractivity contribution in [3.8, 4) is 0 Å². The van der Waals surface area contributed by atoms with Crippen LogP contribution in [0.2, 0.25) is 0 Å². The zero-order chi connectivity index (χ0) is 25.4. The number of hydrogen-bond acceptors (Lipinski definition) is 5. The third-order valence-electron chi connectivity index (χ3n) is 6.73. The highest BCUT2D eigenvalue weighted by Gasteiger charge is 2.15. The fourth-order valence-corrected chi connectivity index (χ4v) is 4.48. The maximum Gasteiger partial charge on any atom is 0.311 e. The SMILES string of the molecule is CCCCCCCCCCCCNc1ccc([N+](=O)[O-])c(NCCCCCCCCCCCC)n1. The molecule has 1 aromatic rings. The first-order valence-corrected chi connectivity index (χ1v) is 14.8. The Bertz CT molecular complexity index is 639. The van der Waals surface area contributed by atoms with E-state index in [9.17, 15) is 10.1 Å². The minimum absolute atomic E-state index is 0.0570. The van der Waals surface area contributed by atoms with Crippen LogP contribution in [-0.2, 0) is 0 Å². The number of nitro groups is 1. The zero-order valence-electron chi connectivity index (χ0n) is 22.9. The molecule has 0 saturated heterocycles. The molecular weight excluding hydrogens is 436 g/mol. The van der Waals surface area contributed by atoms with Gasteiger partial charge < -0.3 is 10.6 Å². The minimum Gasteiger partial charge on any atom is -0.370 e. The van der Waals surface area contributed by atoms with Gasteiger partial charge in [0.1, 0.15) is 5.82 Å². The van der Waals surface area contributed by atoms with Crippen molar-refractivity contribution in [2.45, 2.75) is 142 Å². The van der Waals surface area contributed by atoms with E-state index in [2.05, 4.69) is 29.5 Å². The molecule has 0 saturated carbocycles. The standard InChI is InChI=1S/C29H54N4O2/c1-3-5-7-9-11-13-15-17-19-21-25-30-28-24-23-27(33(34)35)29(32-28)31-26-22-20-18-16-14-12-10-8-6-4-2/h23-24H,3-22,25-26H2,1-2H3,(H2,30,31,32). The monoisotopic (exact) mass is 490 g/mol. The number of pyridine rings is 1. The molecule has 0 aliphatic heterocycles. The smallest absolute Gasteiger partial charge is 0.311 e. The predicted molar refractivity (Wildman–Crippen MR) is 152 cm³/mol. The van der Waals surface area contributed by atoms with Crippen LogP contribution in [0.5, 0.6) is 0 Å². The summed E-state index contributed by atoms with van der Waals surface area (Å²) in [5.41, 5.74) is 0.0570. The summed E-state index contributed by atoms with van der Waals surface area (Å²) < 4.78 is 0. The second-order valence-electron chi connectivity index (χ2n) is 10.0. The van der Waals surface area contributed by atoms with Crippen molar-refractivity contribution >= 4 is 17.3 Å². The number of hydrogen-bond donors (Lipinski definition) is 2. The van der Waals surface area contributed by atoms with Crippen molar-refractivity contribution < 1.29 is 4.92 Å². The molecule has 0 fully saturated rings. The molecule has 35 heavy (non-hydrogen) atoms. The Balaban J connectivity index is 2.18. The largest absolute Gasteiger partial charge is 0.370 e. The molecule has 202 valence electrons. The Hall–Kier alpha value is -1.85. The summed E-state index contributed by atoms with van der Waals surface area (Å²) in [6.07, 6.45) is 25.9. The fourth-order valence-electron chi connectivity index (χ4n) is 4.48. The van der Waals surface area contributed by atoms with Crippen molar-refractivity contribution in [3.05, 3.63) is 22.2 Å². The van der Waals surface area contributed by atoms with Crippen molar-refractivity contribution in [2.24, 2.45) is 0 Å². The average Bonchev–Trinajstić information content (AvgIpc) is 2.85. The topological polar surface area (TPSA) is 80.1 Å². The number of anilines is 2. The molecule has 0 aliphatic carbocycles. The summed E-state index contributed by atoms with van der Waals surface area (Å²) in [7, 11) is 0. The third kappa shape index (κ3) is 17.3. The maximum atomic E-state index is 11.4. The summed E-state index contributed by atoms with van der Waals surface area (Å²) in [5, 5.41) is 18.0. The quantitative estimate of drug-likeness (QED) is 0.0810. The normalized spacial score (nSPS) is 11.0. The van der Waals surface area contributed by atoms with Gasteiger partial charge in [-0.3, -0.25) is 10.1 Å². The van der Waals surface area contributed by atoms with Gasteiger partial charge in [-0.25, -0.2) is 4.98 Å². The molecule has 0 spiro atoms. The van der Waals surface area contributed by atoms with Crippen LogP contribution < -0.4 is 10.6 Å². The molecular formula is C29H54N4O2. The zero-order valence-corrected chi connectivity index (χ0v) is 22.9. The average molecular weight is 491 g/mol. The van der Waals surface area contributed by atoms with E-state index in [1.807, 2.05) is 0 Å². The molecule has 0 aromatic carbocycles. The Kier molecular flexibility index (Phi) is 20.1. The van der Waals surface area contributed by atoms with Gasteiger partial charge in [-0.05, 0) is 18.9 Å². The predicted octanol–water partition coefficient (Wildman–Crippen LogP) is 9.66. The van der Waals surface area contributed by atoms with Gasteiger partial charge in [0.15, 0.2) is 0 Å². The second kappa shape index (κ2) is 22.6. The lowest BCUT2D eigenvalue weighted by Crippen LogP contribution is -2.09. The lowest BCUT2D eigenvalue weighted by molar-refractivity contribution is -0.384. The van der Waals surface area contributed by atoms with Crippen molar-refractivity contribution in [2.75, 3.05) is 23.7 Å². The van der Waals surface area contributed by atoms with E-state index in [4.69, 9.17) is 0 Å². The first-order chi connectivity index (χ1) is 17.2.